The zero-order chi connectivity index (χ0) is 19.1. The van der Waals surface area contributed by atoms with Crippen LogP contribution in [0, 0.1) is 22.7 Å². The Labute approximate surface area is 156 Å². The Bertz CT molecular complexity index is 755. The van der Waals surface area contributed by atoms with E-state index in [-0.39, 0.29) is 16.7 Å². The Morgan fingerprint density at radius 1 is 1.11 bits per heavy atom. The molecule has 0 radical (unpaired) electrons. The van der Waals surface area contributed by atoms with Crippen LogP contribution in [0.4, 0.5) is 13.2 Å². The third-order valence-corrected chi connectivity index (χ3v) is 8.71. The molecule has 2 N–H and O–H groups in total. The van der Waals surface area contributed by atoms with Crippen LogP contribution in [-0.4, -0.2) is 10.9 Å². The number of aromatic nitrogens is 1. The van der Waals surface area contributed by atoms with Crippen molar-refractivity contribution < 1.29 is 18.0 Å². The summed E-state index contributed by atoms with van der Waals surface area (Å²) in [6, 6.07) is 2.76. The van der Waals surface area contributed by atoms with Gasteiger partial charge in [-0.05, 0) is 87.2 Å². The van der Waals surface area contributed by atoms with Crippen LogP contribution in [0.5, 0.6) is 0 Å². The number of pyridine rings is 1. The number of nitrogens with two attached hydrogens (primary N) is 1. The first-order valence-electron chi connectivity index (χ1n) is 10.0. The van der Waals surface area contributed by atoms with Gasteiger partial charge in [-0.2, -0.15) is 13.2 Å². The molecule has 6 saturated carbocycles. The lowest BCUT2D eigenvalue weighted by molar-refractivity contribution is -0.210. The summed E-state index contributed by atoms with van der Waals surface area (Å²) in [5.74, 6) is 1.06. The number of nitrogens with zero attached hydrogens (tertiary/aromatic N) is 1. The van der Waals surface area contributed by atoms with Crippen LogP contribution in [0.3, 0.4) is 0 Å². The van der Waals surface area contributed by atoms with Gasteiger partial charge >= 0.3 is 6.18 Å². The van der Waals surface area contributed by atoms with Gasteiger partial charge in [-0.3, -0.25) is 9.78 Å². The summed E-state index contributed by atoms with van der Waals surface area (Å²) < 4.78 is 38.4. The topological polar surface area (TPSA) is 56.0 Å². The molecule has 4 bridgehead atoms. The van der Waals surface area contributed by atoms with Gasteiger partial charge < -0.3 is 5.73 Å². The monoisotopic (exact) mass is 378 g/mol. The minimum Gasteiger partial charge on any atom is -0.369 e. The molecule has 0 aliphatic heterocycles. The molecular weight excluding hydrogens is 353 g/mol. The molecule has 7 rings (SSSR count). The van der Waals surface area contributed by atoms with Gasteiger partial charge in [0.2, 0.25) is 5.91 Å². The first-order chi connectivity index (χ1) is 12.7. The number of alkyl halides is 3. The van der Waals surface area contributed by atoms with E-state index in [4.69, 9.17) is 5.73 Å². The maximum Gasteiger partial charge on any atom is 0.417 e. The number of hydrogen-bond donors (Lipinski definition) is 1. The molecule has 0 aromatic carbocycles. The quantitative estimate of drug-likeness (QED) is 0.833. The van der Waals surface area contributed by atoms with Crippen LogP contribution in [0.1, 0.15) is 69.0 Å². The predicted octanol–water partition coefficient (Wildman–Crippen LogP) is 4.59. The summed E-state index contributed by atoms with van der Waals surface area (Å²) in [5, 5.41) is 0. The van der Waals surface area contributed by atoms with Gasteiger partial charge in [-0.1, -0.05) is 0 Å². The van der Waals surface area contributed by atoms with Crippen LogP contribution in [0.2, 0.25) is 0 Å². The standard InChI is InChI=1S/C21H25F3N2O/c22-21(23,24)14-1-2-16(26-12-14)19-6-3-18(4-7-19,5-8-19)11-15-13-9-20(15,10-13)17(25)27/h1-2,12-13,15H,3-11H2,(H2,25,27). The molecule has 1 unspecified atom stereocenters. The van der Waals surface area contributed by atoms with E-state index in [2.05, 4.69) is 4.98 Å². The normalized spacial score (nSPS) is 42.3. The summed E-state index contributed by atoms with van der Waals surface area (Å²) in [6.45, 7) is 0. The van der Waals surface area contributed by atoms with Crippen LogP contribution in [-0.2, 0) is 16.4 Å². The minimum absolute atomic E-state index is 0.0597. The zero-order valence-corrected chi connectivity index (χ0v) is 15.3. The zero-order valence-electron chi connectivity index (χ0n) is 15.3. The van der Waals surface area contributed by atoms with Gasteiger partial charge in [0.25, 0.3) is 0 Å². The van der Waals surface area contributed by atoms with Crippen LogP contribution < -0.4 is 5.73 Å². The molecule has 27 heavy (non-hydrogen) atoms. The molecule has 6 aliphatic rings. The number of fused-ring (bicyclic) bond motifs is 3. The third kappa shape index (κ3) is 2.34. The van der Waals surface area contributed by atoms with E-state index in [0.717, 1.165) is 69.7 Å². The van der Waals surface area contributed by atoms with E-state index in [1.165, 1.54) is 6.07 Å². The van der Waals surface area contributed by atoms with Gasteiger partial charge in [0.15, 0.2) is 0 Å². The van der Waals surface area contributed by atoms with Crippen molar-refractivity contribution >= 4 is 5.91 Å². The minimum atomic E-state index is -4.34. The molecule has 0 spiro atoms. The van der Waals surface area contributed by atoms with Crippen molar-refractivity contribution in [3.63, 3.8) is 0 Å². The molecule has 1 aromatic heterocycles. The number of amides is 1. The van der Waals surface area contributed by atoms with E-state index in [0.29, 0.717) is 17.3 Å². The lowest BCUT2D eigenvalue weighted by Crippen LogP contribution is -2.68. The highest BCUT2D eigenvalue weighted by molar-refractivity contribution is 5.84. The Morgan fingerprint density at radius 2 is 1.74 bits per heavy atom. The number of hydrogen-bond acceptors (Lipinski definition) is 2. The number of primary amides is 1. The molecule has 146 valence electrons. The van der Waals surface area contributed by atoms with E-state index < -0.39 is 11.7 Å². The van der Waals surface area contributed by atoms with Crippen molar-refractivity contribution in [1.29, 1.82) is 0 Å². The predicted molar refractivity (Wildman–Crippen MR) is 93.5 cm³/mol. The van der Waals surface area contributed by atoms with Crippen molar-refractivity contribution in [3.8, 4) is 0 Å². The highest BCUT2D eigenvalue weighted by Gasteiger charge is 2.69. The summed E-state index contributed by atoms with van der Waals surface area (Å²) in [4.78, 5) is 16.1. The second-order valence-electron chi connectivity index (χ2n) is 9.71. The van der Waals surface area contributed by atoms with Crippen LogP contribution in [0.15, 0.2) is 18.3 Å². The number of rotatable bonds is 4. The summed E-state index contributed by atoms with van der Waals surface area (Å²) in [7, 11) is 0. The molecule has 1 amide bonds. The Morgan fingerprint density at radius 3 is 2.15 bits per heavy atom. The van der Waals surface area contributed by atoms with Crippen molar-refractivity contribution in [2.75, 3.05) is 0 Å². The van der Waals surface area contributed by atoms with E-state index in [1.54, 1.807) is 6.07 Å². The molecule has 3 nitrogen and oxygen atoms in total. The highest BCUT2D eigenvalue weighted by Crippen LogP contribution is 2.73. The lowest BCUT2D eigenvalue weighted by atomic mass is 9.34. The van der Waals surface area contributed by atoms with Crippen molar-refractivity contribution in [1.82, 2.24) is 4.98 Å². The van der Waals surface area contributed by atoms with Gasteiger partial charge in [0.05, 0.1) is 11.0 Å². The van der Waals surface area contributed by atoms with E-state index in [9.17, 15) is 18.0 Å². The second-order valence-corrected chi connectivity index (χ2v) is 9.71. The van der Waals surface area contributed by atoms with Crippen molar-refractivity contribution in [2.24, 2.45) is 28.4 Å². The average molecular weight is 378 g/mol. The number of carbonyl (C=O) groups is 1. The fourth-order valence-corrected chi connectivity index (χ4v) is 6.63. The average Bonchev–Trinajstić information content (AvgIpc) is 2.59. The van der Waals surface area contributed by atoms with Gasteiger partial charge in [0.1, 0.15) is 0 Å². The Balaban J connectivity index is 1.29. The van der Waals surface area contributed by atoms with Gasteiger partial charge in [-0.25, -0.2) is 0 Å². The molecule has 1 atom stereocenters. The molecular formula is C21H25F3N2O. The molecule has 6 aliphatic carbocycles. The lowest BCUT2D eigenvalue weighted by Gasteiger charge is -2.69. The second kappa shape index (κ2) is 5.26. The first kappa shape index (κ1) is 17.5. The fourth-order valence-electron chi connectivity index (χ4n) is 6.63. The summed E-state index contributed by atoms with van der Waals surface area (Å²) >= 11 is 0. The highest BCUT2D eigenvalue weighted by atomic mass is 19.4. The molecule has 1 aromatic rings. The van der Waals surface area contributed by atoms with Crippen molar-refractivity contribution in [2.45, 2.75) is 69.4 Å². The SMILES string of the molecule is NC(=O)C12CC(C1)C2CC12CCC(c3ccc(C(F)(F)F)cn3)(CC1)CC2. The molecule has 6 heteroatoms. The fraction of sp³-hybridized carbons (Fsp3) is 0.714. The van der Waals surface area contributed by atoms with E-state index in [1.807, 2.05) is 0 Å². The molecule has 6 fully saturated rings. The van der Waals surface area contributed by atoms with Crippen LogP contribution >= 0.6 is 0 Å². The Kier molecular flexibility index (Phi) is 3.41. The summed E-state index contributed by atoms with van der Waals surface area (Å²) in [6.07, 6.45) is 5.99. The van der Waals surface area contributed by atoms with E-state index >= 15 is 0 Å². The van der Waals surface area contributed by atoms with Crippen LogP contribution in [0.25, 0.3) is 0 Å². The summed E-state index contributed by atoms with van der Waals surface area (Å²) in [5.41, 5.74) is 5.86. The maximum absolute atomic E-state index is 12.8. The molecule has 0 saturated heterocycles. The third-order valence-electron chi connectivity index (χ3n) is 8.71. The first-order valence-corrected chi connectivity index (χ1v) is 10.0. The molecule has 1 heterocycles. The van der Waals surface area contributed by atoms with Gasteiger partial charge in [0, 0.05) is 17.3 Å². The largest absolute Gasteiger partial charge is 0.417 e. The Hall–Kier alpha value is -1.59. The number of halogens is 3. The number of carbonyl (C=O) groups excluding carboxylic acids is 1. The van der Waals surface area contributed by atoms with Gasteiger partial charge in [-0.15, -0.1) is 0 Å². The van der Waals surface area contributed by atoms with Crippen molar-refractivity contribution in [3.05, 3.63) is 29.6 Å². The maximum atomic E-state index is 12.8. The smallest absolute Gasteiger partial charge is 0.369 e.